The molecular formula is C8H9N5O2. The average Bonchev–Trinajstić information content (AvgIpc) is 2.78. The second-order valence-corrected chi connectivity index (χ2v) is 2.84. The Labute approximate surface area is 85.0 Å². The van der Waals surface area contributed by atoms with E-state index in [0.29, 0.717) is 11.5 Å². The molecule has 7 heteroatoms. The van der Waals surface area contributed by atoms with Crippen LogP contribution in [0.2, 0.25) is 0 Å². The molecule has 2 aromatic rings. The van der Waals surface area contributed by atoms with Crippen LogP contribution in [0.4, 0.5) is 0 Å². The molecule has 0 bridgehead atoms. The molecule has 0 radical (unpaired) electrons. The Morgan fingerprint density at radius 1 is 1.53 bits per heavy atom. The Kier molecular flexibility index (Phi) is 2.66. The number of aliphatic hydroxyl groups excluding tert-OH is 1. The van der Waals surface area contributed by atoms with Gasteiger partial charge in [-0.05, 0) is 6.07 Å². The van der Waals surface area contributed by atoms with Crippen LogP contribution in [-0.2, 0) is 0 Å². The SMILES string of the molecule is NC(CO)c1nc(-c2ccncn2)no1. The third-order valence-electron chi connectivity index (χ3n) is 1.77. The molecule has 0 saturated carbocycles. The van der Waals surface area contributed by atoms with E-state index < -0.39 is 6.04 Å². The van der Waals surface area contributed by atoms with Crippen molar-refractivity contribution in [3.05, 3.63) is 24.5 Å². The lowest BCUT2D eigenvalue weighted by molar-refractivity contribution is 0.237. The topological polar surface area (TPSA) is 111 Å². The van der Waals surface area contributed by atoms with Gasteiger partial charge in [-0.15, -0.1) is 0 Å². The summed E-state index contributed by atoms with van der Waals surface area (Å²) in [4.78, 5) is 11.7. The van der Waals surface area contributed by atoms with E-state index in [1.807, 2.05) is 0 Å². The van der Waals surface area contributed by atoms with Crippen molar-refractivity contribution in [2.24, 2.45) is 5.73 Å². The molecule has 3 N–H and O–H groups in total. The summed E-state index contributed by atoms with van der Waals surface area (Å²) in [5.41, 5.74) is 6.05. The Balaban J connectivity index is 2.28. The molecule has 0 aliphatic heterocycles. The van der Waals surface area contributed by atoms with Crippen molar-refractivity contribution in [3.8, 4) is 11.5 Å². The number of aliphatic hydroxyl groups is 1. The standard InChI is InChI=1S/C8H9N5O2/c9-5(3-14)8-12-7(13-15-8)6-1-2-10-4-11-6/h1-2,4-5,14H,3,9H2. The third kappa shape index (κ3) is 1.97. The van der Waals surface area contributed by atoms with E-state index in [4.69, 9.17) is 15.4 Å². The lowest BCUT2D eigenvalue weighted by Gasteiger charge is -1.98. The van der Waals surface area contributed by atoms with Gasteiger partial charge in [-0.2, -0.15) is 4.98 Å². The van der Waals surface area contributed by atoms with Gasteiger partial charge in [0.2, 0.25) is 11.7 Å². The summed E-state index contributed by atoms with van der Waals surface area (Å²) in [6.07, 6.45) is 2.96. The molecule has 0 aromatic carbocycles. The molecular weight excluding hydrogens is 198 g/mol. The van der Waals surface area contributed by atoms with Gasteiger partial charge in [0, 0.05) is 6.20 Å². The molecule has 2 aromatic heterocycles. The maximum absolute atomic E-state index is 8.79. The second kappa shape index (κ2) is 4.11. The number of hydrogen-bond donors (Lipinski definition) is 2. The monoisotopic (exact) mass is 207 g/mol. The highest BCUT2D eigenvalue weighted by atomic mass is 16.5. The van der Waals surface area contributed by atoms with Crippen LogP contribution < -0.4 is 5.73 Å². The largest absolute Gasteiger partial charge is 0.394 e. The van der Waals surface area contributed by atoms with Crippen LogP contribution in [0.5, 0.6) is 0 Å². The van der Waals surface area contributed by atoms with Crippen molar-refractivity contribution >= 4 is 0 Å². The number of rotatable bonds is 3. The van der Waals surface area contributed by atoms with E-state index in [1.165, 1.54) is 6.33 Å². The van der Waals surface area contributed by atoms with Crippen molar-refractivity contribution in [3.63, 3.8) is 0 Å². The predicted octanol–water partition coefficient (Wildman–Crippen LogP) is -0.481. The zero-order chi connectivity index (χ0) is 10.7. The Morgan fingerprint density at radius 2 is 2.40 bits per heavy atom. The highest BCUT2D eigenvalue weighted by Gasteiger charge is 2.14. The molecule has 0 aliphatic rings. The number of nitrogens with two attached hydrogens (primary N) is 1. The van der Waals surface area contributed by atoms with Gasteiger partial charge in [0.1, 0.15) is 18.1 Å². The molecule has 0 amide bonds. The fourth-order valence-electron chi connectivity index (χ4n) is 0.991. The van der Waals surface area contributed by atoms with Gasteiger partial charge in [0.25, 0.3) is 0 Å². The summed E-state index contributed by atoms with van der Waals surface area (Å²) < 4.78 is 4.87. The van der Waals surface area contributed by atoms with E-state index in [9.17, 15) is 0 Å². The van der Waals surface area contributed by atoms with Crippen molar-refractivity contribution in [2.45, 2.75) is 6.04 Å². The van der Waals surface area contributed by atoms with Crippen molar-refractivity contribution < 1.29 is 9.63 Å². The predicted molar refractivity (Wildman–Crippen MR) is 49.3 cm³/mol. The van der Waals surface area contributed by atoms with Gasteiger partial charge in [0.15, 0.2) is 0 Å². The summed E-state index contributed by atoms with van der Waals surface area (Å²) in [6, 6.07) is 0.993. The highest BCUT2D eigenvalue weighted by Crippen LogP contribution is 2.14. The molecule has 7 nitrogen and oxygen atoms in total. The van der Waals surface area contributed by atoms with Crippen LogP contribution in [0, 0.1) is 0 Å². The molecule has 1 atom stereocenters. The first-order valence-electron chi connectivity index (χ1n) is 4.27. The highest BCUT2D eigenvalue weighted by molar-refractivity contribution is 5.46. The maximum Gasteiger partial charge on any atom is 0.246 e. The van der Waals surface area contributed by atoms with Crippen LogP contribution in [0.15, 0.2) is 23.1 Å². The quantitative estimate of drug-likeness (QED) is 0.699. The van der Waals surface area contributed by atoms with Gasteiger partial charge in [0.05, 0.1) is 6.61 Å². The lowest BCUT2D eigenvalue weighted by atomic mass is 10.3. The molecule has 0 fully saturated rings. The minimum Gasteiger partial charge on any atom is -0.394 e. The second-order valence-electron chi connectivity index (χ2n) is 2.84. The van der Waals surface area contributed by atoms with E-state index in [1.54, 1.807) is 12.3 Å². The van der Waals surface area contributed by atoms with Gasteiger partial charge < -0.3 is 15.4 Å². The van der Waals surface area contributed by atoms with Gasteiger partial charge in [-0.3, -0.25) is 0 Å². The van der Waals surface area contributed by atoms with Crippen molar-refractivity contribution in [2.75, 3.05) is 6.61 Å². The lowest BCUT2D eigenvalue weighted by Crippen LogP contribution is -2.14. The van der Waals surface area contributed by atoms with Gasteiger partial charge in [-0.25, -0.2) is 9.97 Å². The van der Waals surface area contributed by atoms with E-state index >= 15 is 0 Å². The van der Waals surface area contributed by atoms with Crippen molar-refractivity contribution in [1.82, 2.24) is 20.1 Å². The smallest absolute Gasteiger partial charge is 0.246 e. The van der Waals surface area contributed by atoms with E-state index in [-0.39, 0.29) is 12.5 Å². The minimum absolute atomic E-state index is 0.186. The molecule has 2 rings (SSSR count). The Morgan fingerprint density at radius 3 is 3.07 bits per heavy atom. The normalized spacial score (nSPS) is 12.7. The summed E-state index contributed by atoms with van der Waals surface area (Å²) in [5, 5.41) is 12.5. The van der Waals surface area contributed by atoms with Crippen LogP contribution in [0.1, 0.15) is 11.9 Å². The van der Waals surface area contributed by atoms with Crippen LogP contribution in [0.25, 0.3) is 11.5 Å². The number of nitrogens with zero attached hydrogens (tertiary/aromatic N) is 4. The summed E-state index contributed by atoms with van der Waals surface area (Å²) in [5.74, 6) is 0.516. The fourth-order valence-corrected chi connectivity index (χ4v) is 0.991. The maximum atomic E-state index is 8.79. The van der Waals surface area contributed by atoms with E-state index in [2.05, 4.69) is 20.1 Å². The first-order valence-corrected chi connectivity index (χ1v) is 4.27. The molecule has 78 valence electrons. The summed E-state index contributed by atoms with van der Waals surface area (Å²) in [6.45, 7) is -0.245. The van der Waals surface area contributed by atoms with Crippen LogP contribution in [0.3, 0.4) is 0 Å². The fraction of sp³-hybridized carbons (Fsp3) is 0.250. The van der Waals surface area contributed by atoms with E-state index in [0.717, 1.165) is 0 Å². The zero-order valence-corrected chi connectivity index (χ0v) is 7.74. The molecule has 1 unspecified atom stereocenters. The van der Waals surface area contributed by atoms with Crippen LogP contribution in [-0.4, -0.2) is 31.8 Å². The van der Waals surface area contributed by atoms with Crippen molar-refractivity contribution in [1.29, 1.82) is 0 Å². The average molecular weight is 207 g/mol. The number of hydrogen-bond acceptors (Lipinski definition) is 7. The first-order chi connectivity index (χ1) is 7.31. The molecule has 2 heterocycles. The van der Waals surface area contributed by atoms with Gasteiger partial charge in [-0.1, -0.05) is 5.16 Å². The van der Waals surface area contributed by atoms with Crippen LogP contribution >= 0.6 is 0 Å². The van der Waals surface area contributed by atoms with Gasteiger partial charge >= 0.3 is 0 Å². The molecule has 0 saturated heterocycles. The minimum atomic E-state index is -0.659. The summed E-state index contributed by atoms with van der Waals surface area (Å²) >= 11 is 0. The summed E-state index contributed by atoms with van der Waals surface area (Å²) in [7, 11) is 0. The number of aromatic nitrogens is 4. The molecule has 0 spiro atoms. The Hall–Kier alpha value is -1.86. The zero-order valence-electron chi connectivity index (χ0n) is 7.74. The third-order valence-corrected chi connectivity index (χ3v) is 1.77. The first kappa shape index (κ1) is 9.69. The molecule has 0 aliphatic carbocycles. The Bertz CT molecular complexity index is 430. The molecule has 15 heavy (non-hydrogen) atoms.